The minimum Gasteiger partial charge on any atom is -0.496 e. The number of piperidine rings is 1. The maximum absolute atomic E-state index is 12.4. The molecule has 12 nitrogen and oxygen atoms in total. The number of hydrogen-bond acceptors (Lipinski definition) is 12. The van der Waals surface area contributed by atoms with Crippen LogP contribution in [0.5, 0.6) is 11.5 Å². The Labute approximate surface area is 274 Å². The van der Waals surface area contributed by atoms with Gasteiger partial charge in [-0.1, -0.05) is 41.6 Å². The number of rotatable bonds is 11. The molecule has 0 radical (unpaired) electrons. The number of nitrogens with zero attached hydrogens (tertiary/aromatic N) is 3. The van der Waals surface area contributed by atoms with E-state index < -0.39 is 21.6 Å². The van der Waals surface area contributed by atoms with Crippen molar-refractivity contribution in [2.24, 2.45) is 0 Å². The molecule has 3 aromatic carbocycles. The van der Waals surface area contributed by atoms with E-state index in [4.69, 9.17) is 28.3 Å². The minimum absolute atomic E-state index is 0.0165. The summed E-state index contributed by atoms with van der Waals surface area (Å²) in [5.41, 5.74) is 1.89. The Kier molecular flexibility index (Phi) is 10.5. The van der Waals surface area contributed by atoms with Gasteiger partial charge in [-0.15, -0.1) is 5.06 Å². The average molecular weight is 666 g/mol. The number of carbonyl (C=O) groups excluding carboxylic acids is 1. The number of aromatic nitrogens is 2. The first-order valence-electron chi connectivity index (χ1n) is 15.1. The maximum atomic E-state index is 12.4. The van der Waals surface area contributed by atoms with E-state index in [0.717, 1.165) is 16.7 Å². The summed E-state index contributed by atoms with van der Waals surface area (Å²) in [5, 5.41) is 5.62. The van der Waals surface area contributed by atoms with Crippen LogP contribution in [0.25, 0.3) is 11.4 Å². The molecule has 1 saturated heterocycles. The van der Waals surface area contributed by atoms with Crippen molar-refractivity contribution in [2.75, 3.05) is 26.5 Å². The lowest BCUT2D eigenvalue weighted by Gasteiger charge is -2.37. The number of sulfone groups is 1. The van der Waals surface area contributed by atoms with Crippen LogP contribution in [0.1, 0.15) is 50.1 Å². The van der Waals surface area contributed by atoms with Crippen LogP contribution in [0, 0.1) is 0 Å². The van der Waals surface area contributed by atoms with Crippen LogP contribution in [-0.2, 0) is 37.4 Å². The van der Waals surface area contributed by atoms with Crippen molar-refractivity contribution in [3.05, 3.63) is 89.8 Å². The quantitative estimate of drug-likeness (QED) is 0.174. The third-order valence-corrected chi connectivity index (χ3v) is 8.55. The van der Waals surface area contributed by atoms with E-state index in [1.165, 1.54) is 6.26 Å². The molecule has 2 atom stereocenters. The predicted molar refractivity (Wildman–Crippen MR) is 171 cm³/mol. The van der Waals surface area contributed by atoms with Crippen LogP contribution in [0.3, 0.4) is 0 Å². The highest BCUT2D eigenvalue weighted by molar-refractivity contribution is 7.90. The molecule has 0 spiro atoms. The molecular weight excluding hydrogens is 626 g/mol. The molecule has 1 aromatic heterocycles. The van der Waals surface area contributed by atoms with Gasteiger partial charge in [0, 0.05) is 18.7 Å². The van der Waals surface area contributed by atoms with Crippen molar-refractivity contribution in [2.45, 2.75) is 62.9 Å². The summed E-state index contributed by atoms with van der Waals surface area (Å²) in [6.07, 6.45) is 0.697. The molecule has 0 aliphatic carbocycles. The van der Waals surface area contributed by atoms with Gasteiger partial charge in [-0.3, -0.25) is 0 Å². The molecule has 0 bridgehead atoms. The summed E-state index contributed by atoms with van der Waals surface area (Å²) in [7, 11) is -1.72. The minimum atomic E-state index is -3.30. The van der Waals surface area contributed by atoms with Gasteiger partial charge < -0.3 is 28.3 Å². The zero-order valence-corrected chi connectivity index (χ0v) is 27.9. The second kappa shape index (κ2) is 14.5. The first kappa shape index (κ1) is 33.9. The van der Waals surface area contributed by atoms with Crippen LogP contribution in [0.4, 0.5) is 4.79 Å². The van der Waals surface area contributed by atoms with Gasteiger partial charge in [0.25, 0.3) is 5.89 Å². The summed E-state index contributed by atoms with van der Waals surface area (Å²) in [4.78, 5) is 22.6. The normalized spacial score (nSPS) is 17.2. The number of para-hydroxylation sites is 1. The topological polar surface area (TPSA) is 140 Å². The van der Waals surface area contributed by atoms with Crippen LogP contribution >= 0.6 is 0 Å². The molecule has 4 aromatic rings. The van der Waals surface area contributed by atoms with Gasteiger partial charge in [0.2, 0.25) is 5.82 Å². The molecule has 47 heavy (non-hydrogen) atoms. The SMILES string of the molecule is COc1ccccc1-c1noc(COc2ccc(C3CCN(OC(=O)OC(C)(C)C)CC3OCc3ccc(S(C)(=O)=O)cc3)cc2)n1. The lowest BCUT2D eigenvalue weighted by Crippen LogP contribution is -2.45. The summed E-state index contributed by atoms with van der Waals surface area (Å²) in [6, 6.07) is 21.7. The number of methoxy groups -OCH3 is 1. The van der Waals surface area contributed by atoms with Gasteiger partial charge in [-0.2, -0.15) is 4.98 Å². The highest BCUT2D eigenvalue weighted by atomic mass is 32.2. The van der Waals surface area contributed by atoms with Crippen molar-refractivity contribution >= 4 is 16.0 Å². The van der Waals surface area contributed by atoms with E-state index in [-0.39, 0.29) is 30.1 Å². The Hall–Kier alpha value is -4.46. The summed E-state index contributed by atoms with van der Waals surface area (Å²) in [5.74, 6) is 1.99. The molecule has 0 saturated carbocycles. The first-order valence-corrected chi connectivity index (χ1v) is 17.0. The molecule has 1 fully saturated rings. The molecule has 2 heterocycles. The van der Waals surface area contributed by atoms with Crippen LogP contribution < -0.4 is 9.47 Å². The summed E-state index contributed by atoms with van der Waals surface area (Å²) in [6.45, 7) is 6.45. The Balaban J connectivity index is 1.24. The highest BCUT2D eigenvalue weighted by Crippen LogP contribution is 2.33. The van der Waals surface area contributed by atoms with E-state index >= 15 is 0 Å². The fraction of sp³-hybridized carbons (Fsp3) is 0.382. The number of hydroxylamine groups is 2. The fourth-order valence-corrected chi connectivity index (χ4v) is 5.77. The van der Waals surface area contributed by atoms with Gasteiger partial charge in [0.15, 0.2) is 16.4 Å². The Bertz CT molecular complexity index is 1750. The zero-order chi connectivity index (χ0) is 33.6. The van der Waals surface area contributed by atoms with Gasteiger partial charge in [0.05, 0.1) is 36.8 Å². The fourth-order valence-electron chi connectivity index (χ4n) is 5.14. The number of ether oxygens (including phenoxy) is 4. The summed E-state index contributed by atoms with van der Waals surface area (Å²) < 4.78 is 52.1. The zero-order valence-electron chi connectivity index (χ0n) is 27.0. The second-order valence-electron chi connectivity index (χ2n) is 12.2. The van der Waals surface area contributed by atoms with Crippen LogP contribution in [0.2, 0.25) is 0 Å². The molecule has 0 amide bonds. The molecule has 250 valence electrons. The lowest BCUT2D eigenvalue weighted by atomic mass is 9.87. The van der Waals surface area contributed by atoms with Crippen molar-refractivity contribution in [3.63, 3.8) is 0 Å². The second-order valence-corrected chi connectivity index (χ2v) is 14.2. The molecule has 1 aliphatic heterocycles. The Morgan fingerprint density at radius 1 is 1.00 bits per heavy atom. The van der Waals surface area contributed by atoms with Gasteiger partial charge in [-0.25, -0.2) is 13.2 Å². The molecule has 0 N–H and O–H groups in total. The first-order chi connectivity index (χ1) is 22.4. The maximum Gasteiger partial charge on any atom is 0.528 e. The van der Waals surface area contributed by atoms with Crippen molar-refractivity contribution < 1.29 is 41.5 Å². The third kappa shape index (κ3) is 9.31. The van der Waals surface area contributed by atoms with Crippen molar-refractivity contribution in [1.82, 2.24) is 15.2 Å². The van der Waals surface area contributed by atoms with Gasteiger partial charge in [0.1, 0.15) is 17.1 Å². The third-order valence-electron chi connectivity index (χ3n) is 7.42. The van der Waals surface area contributed by atoms with E-state index in [1.54, 1.807) is 57.2 Å². The van der Waals surface area contributed by atoms with E-state index in [1.807, 2.05) is 48.5 Å². The standard InChI is InChI=1S/C34H39N3O9S/c1-34(2,3)44-33(38)46-37-19-18-27(30(20-37)43-21-23-10-16-26(17-11-23)47(5,39)40)24-12-14-25(15-13-24)42-22-31-35-32(36-45-31)28-8-6-7-9-29(28)41-4/h6-17,27,30H,18-22H2,1-5H3. The Morgan fingerprint density at radius 2 is 1.72 bits per heavy atom. The predicted octanol–water partition coefficient (Wildman–Crippen LogP) is 5.97. The molecule has 2 unspecified atom stereocenters. The number of benzene rings is 3. The largest absolute Gasteiger partial charge is 0.528 e. The molecule has 1 aliphatic rings. The highest BCUT2D eigenvalue weighted by Gasteiger charge is 2.34. The van der Waals surface area contributed by atoms with Crippen molar-refractivity contribution in [1.29, 1.82) is 0 Å². The van der Waals surface area contributed by atoms with Gasteiger partial charge >= 0.3 is 6.16 Å². The lowest BCUT2D eigenvalue weighted by molar-refractivity contribution is -0.179. The average Bonchev–Trinajstić information content (AvgIpc) is 3.51. The van der Waals surface area contributed by atoms with E-state index in [2.05, 4.69) is 10.1 Å². The number of carbonyl (C=O) groups is 1. The molecule has 13 heteroatoms. The van der Waals surface area contributed by atoms with Crippen LogP contribution in [0.15, 0.2) is 82.2 Å². The van der Waals surface area contributed by atoms with Crippen LogP contribution in [-0.4, -0.2) is 67.9 Å². The molecule has 5 rings (SSSR count). The number of hydrogen-bond donors (Lipinski definition) is 0. The smallest absolute Gasteiger partial charge is 0.496 e. The Morgan fingerprint density at radius 3 is 2.40 bits per heavy atom. The van der Waals surface area contributed by atoms with E-state index in [9.17, 15) is 13.2 Å². The monoisotopic (exact) mass is 665 g/mol. The molecular formula is C34H39N3O9S. The summed E-state index contributed by atoms with van der Waals surface area (Å²) >= 11 is 0. The van der Waals surface area contributed by atoms with E-state index in [0.29, 0.717) is 42.7 Å². The van der Waals surface area contributed by atoms with Crippen molar-refractivity contribution in [3.8, 4) is 22.9 Å². The van der Waals surface area contributed by atoms with Gasteiger partial charge in [-0.05, 0) is 74.7 Å².